The molecule has 21 heavy (non-hydrogen) atoms. The van der Waals surface area contributed by atoms with Gasteiger partial charge in [-0.3, -0.25) is 5.43 Å². The summed E-state index contributed by atoms with van der Waals surface area (Å²) in [4.78, 5) is 10.9. The van der Waals surface area contributed by atoms with Crippen molar-refractivity contribution in [2.24, 2.45) is 5.10 Å². The van der Waals surface area contributed by atoms with E-state index in [1.807, 2.05) is 0 Å². The van der Waals surface area contributed by atoms with Crippen LogP contribution in [0.15, 0.2) is 50.4 Å². The van der Waals surface area contributed by atoms with Gasteiger partial charge in [0.05, 0.1) is 21.9 Å². The molecule has 2 rings (SSSR count). The van der Waals surface area contributed by atoms with E-state index >= 15 is 0 Å². The fraction of sp³-hybridized carbons (Fsp3) is 0. The lowest BCUT2D eigenvalue weighted by atomic mass is 10.2. The van der Waals surface area contributed by atoms with Gasteiger partial charge >= 0.3 is 5.97 Å². The number of phenolic OH excluding ortho intramolecular Hbond substituents is 1. The molecule has 0 fully saturated rings. The molecule has 0 saturated heterocycles. The van der Waals surface area contributed by atoms with Crippen LogP contribution in [0.3, 0.4) is 0 Å². The minimum absolute atomic E-state index is 0.0723. The molecule has 0 aliphatic heterocycles. The van der Waals surface area contributed by atoms with Gasteiger partial charge in [-0.15, -0.1) is 0 Å². The molecular formula is C14H10Br2N2O3. The number of rotatable bonds is 4. The van der Waals surface area contributed by atoms with Crippen LogP contribution in [0.1, 0.15) is 15.9 Å². The lowest BCUT2D eigenvalue weighted by Crippen LogP contribution is -1.97. The Labute approximate surface area is 137 Å². The highest BCUT2D eigenvalue weighted by Crippen LogP contribution is 2.30. The molecule has 0 bridgehead atoms. The average molecular weight is 414 g/mol. The Kier molecular flexibility index (Phi) is 4.98. The van der Waals surface area contributed by atoms with E-state index in [9.17, 15) is 9.90 Å². The first-order valence-corrected chi connectivity index (χ1v) is 7.36. The number of benzene rings is 2. The summed E-state index contributed by atoms with van der Waals surface area (Å²) in [5, 5.41) is 22.8. The van der Waals surface area contributed by atoms with Gasteiger partial charge in [-0.05, 0) is 46.3 Å². The summed E-state index contributed by atoms with van der Waals surface area (Å²) in [5.74, 6) is -0.931. The Bertz CT molecular complexity index is 717. The van der Waals surface area contributed by atoms with E-state index in [1.54, 1.807) is 24.3 Å². The summed E-state index contributed by atoms with van der Waals surface area (Å²) >= 11 is 6.55. The second-order valence-electron chi connectivity index (χ2n) is 4.08. The zero-order chi connectivity index (χ0) is 15.4. The van der Waals surface area contributed by atoms with E-state index in [4.69, 9.17) is 5.11 Å². The minimum Gasteiger partial charge on any atom is -0.506 e. The molecule has 2 aromatic rings. The molecule has 0 aliphatic rings. The summed E-state index contributed by atoms with van der Waals surface area (Å²) in [6, 6.07) is 9.70. The lowest BCUT2D eigenvalue weighted by molar-refractivity contribution is 0.0697. The predicted molar refractivity (Wildman–Crippen MR) is 88.1 cm³/mol. The zero-order valence-corrected chi connectivity index (χ0v) is 13.7. The Morgan fingerprint density at radius 2 is 2.00 bits per heavy atom. The lowest BCUT2D eigenvalue weighted by Gasteiger charge is -2.04. The van der Waals surface area contributed by atoms with E-state index in [2.05, 4.69) is 42.4 Å². The van der Waals surface area contributed by atoms with Gasteiger partial charge in [-0.25, -0.2) is 4.79 Å². The van der Waals surface area contributed by atoms with Crippen molar-refractivity contribution in [2.75, 3.05) is 5.43 Å². The number of hydrogen-bond acceptors (Lipinski definition) is 4. The number of aromatic carboxylic acids is 1. The van der Waals surface area contributed by atoms with Gasteiger partial charge in [0, 0.05) is 10.0 Å². The van der Waals surface area contributed by atoms with Gasteiger partial charge < -0.3 is 10.2 Å². The number of hydrogen-bond donors (Lipinski definition) is 3. The van der Waals surface area contributed by atoms with Crippen LogP contribution in [-0.4, -0.2) is 22.4 Å². The van der Waals surface area contributed by atoms with Crippen molar-refractivity contribution >= 4 is 49.7 Å². The van der Waals surface area contributed by atoms with Gasteiger partial charge in [-0.2, -0.15) is 5.10 Å². The van der Waals surface area contributed by atoms with Crippen LogP contribution in [0.25, 0.3) is 0 Å². The molecule has 0 heterocycles. The monoisotopic (exact) mass is 412 g/mol. The van der Waals surface area contributed by atoms with Gasteiger partial charge in [0.2, 0.25) is 0 Å². The molecule has 0 unspecified atom stereocenters. The maximum Gasteiger partial charge on any atom is 0.335 e. The summed E-state index contributed by atoms with van der Waals surface area (Å²) in [6.45, 7) is 0. The van der Waals surface area contributed by atoms with Crippen molar-refractivity contribution in [3.05, 3.63) is 56.5 Å². The molecule has 5 nitrogen and oxygen atoms in total. The number of carboxylic acid groups (broad SMARTS) is 1. The van der Waals surface area contributed by atoms with Gasteiger partial charge in [0.15, 0.2) is 0 Å². The first-order valence-electron chi connectivity index (χ1n) is 5.78. The van der Waals surface area contributed by atoms with Crippen LogP contribution >= 0.6 is 31.9 Å². The Hall–Kier alpha value is -1.86. The number of nitrogens with one attached hydrogen (secondary N) is 1. The fourth-order valence-electron chi connectivity index (χ4n) is 1.58. The number of carboxylic acids is 1. The molecule has 0 aliphatic carbocycles. The number of carbonyl (C=O) groups is 1. The predicted octanol–water partition coefficient (Wildman–Crippen LogP) is 4.06. The van der Waals surface area contributed by atoms with Crippen LogP contribution in [0, 0.1) is 0 Å². The summed E-state index contributed by atoms with van der Waals surface area (Å²) in [7, 11) is 0. The van der Waals surface area contributed by atoms with Gasteiger partial charge in [-0.1, -0.05) is 22.0 Å². The number of hydrazone groups is 1. The number of aromatic hydroxyl groups is 1. The van der Waals surface area contributed by atoms with Gasteiger partial charge in [0.1, 0.15) is 5.75 Å². The maximum absolute atomic E-state index is 10.9. The Balaban J connectivity index is 2.16. The first kappa shape index (κ1) is 15.5. The average Bonchev–Trinajstić information content (AvgIpc) is 2.44. The van der Waals surface area contributed by atoms with Crippen molar-refractivity contribution in [1.29, 1.82) is 0 Å². The molecule has 0 radical (unpaired) electrons. The van der Waals surface area contributed by atoms with Crippen LogP contribution in [-0.2, 0) is 0 Å². The van der Waals surface area contributed by atoms with E-state index < -0.39 is 5.97 Å². The molecule has 7 heteroatoms. The molecule has 108 valence electrons. The van der Waals surface area contributed by atoms with Crippen molar-refractivity contribution in [3.63, 3.8) is 0 Å². The first-order chi connectivity index (χ1) is 9.97. The van der Waals surface area contributed by atoms with Crippen LogP contribution in [0.2, 0.25) is 0 Å². The second kappa shape index (κ2) is 6.73. The standard InChI is InChI=1S/C14H10Br2N2O3/c15-10-4-9(13(19)12(16)6-10)7-17-18-11-3-1-2-8(5-11)14(20)21/h1-7,18-19H,(H,20,21)/b17-7-. The van der Waals surface area contributed by atoms with E-state index in [0.29, 0.717) is 15.7 Å². The van der Waals surface area contributed by atoms with Crippen molar-refractivity contribution < 1.29 is 15.0 Å². The number of nitrogens with zero attached hydrogens (tertiary/aromatic N) is 1. The molecule has 3 N–H and O–H groups in total. The highest BCUT2D eigenvalue weighted by molar-refractivity contribution is 9.11. The van der Waals surface area contributed by atoms with E-state index in [1.165, 1.54) is 18.3 Å². The SMILES string of the molecule is O=C(O)c1cccc(N/N=C\c2cc(Br)cc(Br)c2O)c1. The summed E-state index contributed by atoms with van der Waals surface area (Å²) in [6.07, 6.45) is 1.44. The van der Waals surface area contributed by atoms with Gasteiger partial charge in [0.25, 0.3) is 0 Å². The summed E-state index contributed by atoms with van der Waals surface area (Å²) in [5.41, 5.74) is 3.94. The molecule has 0 spiro atoms. The molecule has 0 aromatic heterocycles. The van der Waals surface area contributed by atoms with Crippen molar-refractivity contribution in [1.82, 2.24) is 0 Å². The minimum atomic E-state index is -1.00. The maximum atomic E-state index is 10.9. The van der Waals surface area contributed by atoms with Crippen LogP contribution in [0.4, 0.5) is 5.69 Å². The van der Waals surface area contributed by atoms with E-state index in [0.717, 1.165) is 4.47 Å². The second-order valence-corrected chi connectivity index (χ2v) is 5.85. The number of anilines is 1. The third-order valence-electron chi connectivity index (χ3n) is 2.56. The van der Waals surface area contributed by atoms with Crippen molar-refractivity contribution in [3.8, 4) is 5.75 Å². The highest BCUT2D eigenvalue weighted by Gasteiger charge is 2.05. The fourth-order valence-corrected chi connectivity index (χ4v) is 2.84. The smallest absolute Gasteiger partial charge is 0.335 e. The third-order valence-corrected chi connectivity index (χ3v) is 3.63. The molecule has 0 amide bonds. The highest BCUT2D eigenvalue weighted by atomic mass is 79.9. The molecular weight excluding hydrogens is 404 g/mol. The third kappa shape index (κ3) is 4.05. The molecule has 0 saturated carbocycles. The Morgan fingerprint density at radius 3 is 2.71 bits per heavy atom. The van der Waals surface area contributed by atoms with Crippen LogP contribution in [0.5, 0.6) is 5.75 Å². The molecule has 0 atom stereocenters. The van der Waals surface area contributed by atoms with Crippen LogP contribution < -0.4 is 5.43 Å². The largest absolute Gasteiger partial charge is 0.506 e. The Morgan fingerprint density at radius 1 is 1.24 bits per heavy atom. The zero-order valence-electron chi connectivity index (χ0n) is 10.5. The number of halogens is 2. The topological polar surface area (TPSA) is 81.9 Å². The quantitative estimate of drug-likeness (QED) is 0.521. The molecule has 2 aromatic carbocycles. The number of phenols is 1. The normalized spacial score (nSPS) is 10.8. The van der Waals surface area contributed by atoms with E-state index in [-0.39, 0.29) is 11.3 Å². The summed E-state index contributed by atoms with van der Waals surface area (Å²) < 4.78 is 1.34. The van der Waals surface area contributed by atoms with Crippen molar-refractivity contribution in [2.45, 2.75) is 0 Å².